The first-order valence-electron chi connectivity index (χ1n) is 9.58. The Morgan fingerprint density at radius 3 is 2.12 bits per heavy atom. The molecule has 0 aromatic heterocycles. The number of rotatable bonds is 7. The second-order valence-electron chi connectivity index (χ2n) is 7.11. The number of nitrogens with zero attached hydrogens (tertiary/aromatic N) is 3. The Balaban J connectivity index is 1.30. The summed E-state index contributed by atoms with van der Waals surface area (Å²) in [6.07, 6.45) is 5.37. The van der Waals surface area contributed by atoms with Crippen LogP contribution in [0.15, 0.2) is 30.3 Å². The van der Waals surface area contributed by atoms with Crippen LogP contribution >= 0.6 is 0 Å². The summed E-state index contributed by atoms with van der Waals surface area (Å²) in [6.45, 7) is 8.81. The predicted molar refractivity (Wildman–Crippen MR) is 98.1 cm³/mol. The van der Waals surface area contributed by atoms with Crippen molar-refractivity contribution in [3.63, 3.8) is 0 Å². The predicted octanol–water partition coefficient (Wildman–Crippen LogP) is 2.25. The molecule has 2 saturated heterocycles. The summed E-state index contributed by atoms with van der Waals surface area (Å²) in [4.78, 5) is 19.5. The fourth-order valence-corrected chi connectivity index (χ4v) is 3.76. The standard InChI is InChI=1S/C20H31N3O/c24-20(10-6-9-19-7-2-1-3-8-19)23-17-15-22(16-18-23)14-13-21-11-4-5-12-21/h1-3,7-8H,4-6,9-18H2. The monoisotopic (exact) mass is 329 g/mol. The lowest BCUT2D eigenvalue weighted by Gasteiger charge is -2.35. The first-order chi connectivity index (χ1) is 11.8. The summed E-state index contributed by atoms with van der Waals surface area (Å²) < 4.78 is 0. The SMILES string of the molecule is O=C(CCCc1ccccc1)N1CCN(CCN2CCCC2)CC1. The van der Waals surface area contributed by atoms with E-state index in [1.807, 2.05) is 6.07 Å². The number of likely N-dealkylation sites (tertiary alicyclic amines) is 1. The van der Waals surface area contributed by atoms with Crippen LogP contribution in [-0.4, -0.2) is 73.0 Å². The molecule has 0 unspecified atom stereocenters. The van der Waals surface area contributed by atoms with Gasteiger partial charge in [0, 0.05) is 45.7 Å². The van der Waals surface area contributed by atoms with Crippen molar-refractivity contribution < 1.29 is 4.79 Å². The molecule has 0 saturated carbocycles. The molecule has 4 heteroatoms. The van der Waals surface area contributed by atoms with Crippen LogP contribution in [0.5, 0.6) is 0 Å². The number of hydrogen-bond acceptors (Lipinski definition) is 3. The van der Waals surface area contributed by atoms with E-state index in [1.165, 1.54) is 38.0 Å². The van der Waals surface area contributed by atoms with E-state index in [0.717, 1.165) is 45.6 Å². The molecule has 2 aliphatic rings. The second kappa shape index (κ2) is 9.19. The number of piperazine rings is 1. The molecule has 0 N–H and O–H groups in total. The highest BCUT2D eigenvalue weighted by Gasteiger charge is 2.21. The highest BCUT2D eigenvalue weighted by atomic mass is 16.2. The highest BCUT2D eigenvalue weighted by molar-refractivity contribution is 5.76. The van der Waals surface area contributed by atoms with E-state index in [9.17, 15) is 4.79 Å². The molecule has 1 amide bonds. The molecule has 2 aliphatic heterocycles. The summed E-state index contributed by atoms with van der Waals surface area (Å²) in [5.74, 6) is 0.338. The number of amides is 1. The van der Waals surface area contributed by atoms with E-state index in [1.54, 1.807) is 0 Å². The summed E-state index contributed by atoms with van der Waals surface area (Å²) >= 11 is 0. The maximum absolute atomic E-state index is 12.4. The fourth-order valence-electron chi connectivity index (χ4n) is 3.76. The van der Waals surface area contributed by atoms with Gasteiger partial charge in [-0.3, -0.25) is 9.69 Å². The van der Waals surface area contributed by atoms with Gasteiger partial charge in [0.2, 0.25) is 5.91 Å². The highest BCUT2D eigenvalue weighted by Crippen LogP contribution is 2.10. The molecular formula is C20H31N3O. The van der Waals surface area contributed by atoms with Crippen LogP contribution in [0.2, 0.25) is 0 Å². The Bertz CT molecular complexity index is 491. The van der Waals surface area contributed by atoms with Crippen LogP contribution in [0.1, 0.15) is 31.2 Å². The third-order valence-electron chi connectivity index (χ3n) is 5.36. The van der Waals surface area contributed by atoms with Gasteiger partial charge in [0.05, 0.1) is 0 Å². The largest absolute Gasteiger partial charge is 0.340 e. The summed E-state index contributed by atoms with van der Waals surface area (Å²) in [5.41, 5.74) is 1.33. The molecule has 24 heavy (non-hydrogen) atoms. The maximum atomic E-state index is 12.4. The topological polar surface area (TPSA) is 26.8 Å². The van der Waals surface area contributed by atoms with Crippen molar-refractivity contribution >= 4 is 5.91 Å². The van der Waals surface area contributed by atoms with E-state index >= 15 is 0 Å². The molecule has 2 heterocycles. The summed E-state index contributed by atoms with van der Waals surface area (Å²) in [7, 11) is 0. The lowest BCUT2D eigenvalue weighted by molar-refractivity contribution is -0.133. The zero-order valence-corrected chi connectivity index (χ0v) is 14.8. The molecule has 0 spiro atoms. The van der Waals surface area contributed by atoms with Gasteiger partial charge in [0.25, 0.3) is 0 Å². The minimum absolute atomic E-state index is 0.338. The molecule has 0 radical (unpaired) electrons. The number of hydrogen-bond donors (Lipinski definition) is 0. The van der Waals surface area contributed by atoms with E-state index < -0.39 is 0 Å². The van der Waals surface area contributed by atoms with Crippen molar-refractivity contribution in [3.05, 3.63) is 35.9 Å². The van der Waals surface area contributed by atoms with Crippen LogP contribution in [0, 0.1) is 0 Å². The average Bonchev–Trinajstić information content (AvgIpc) is 3.15. The number of carbonyl (C=O) groups excluding carboxylic acids is 1. The Kier molecular flexibility index (Phi) is 6.67. The van der Waals surface area contributed by atoms with Gasteiger partial charge in [0.15, 0.2) is 0 Å². The second-order valence-corrected chi connectivity index (χ2v) is 7.11. The quantitative estimate of drug-likeness (QED) is 0.768. The Morgan fingerprint density at radius 2 is 1.46 bits per heavy atom. The lowest BCUT2D eigenvalue weighted by atomic mass is 10.1. The van der Waals surface area contributed by atoms with Crippen LogP contribution < -0.4 is 0 Å². The molecule has 1 aromatic rings. The molecular weight excluding hydrogens is 298 g/mol. The van der Waals surface area contributed by atoms with Crippen molar-refractivity contribution in [1.82, 2.24) is 14.7 Å². The van der Waals surface area contributed by atoms with Crippen molar-refractivity contribution in [3.8, 4) is 0 Å². The fraction of sp³-hybridized carbons (Fsp3) is 0.650. The van der Waals surface area contributed by atoms with E-state index in [2.05, 4.69) is 39.0 Å². The van der Waals surface area contributed by atoms with Gasteiger partial charge in [-0.15, -0.1) is 0 Å². The minimum Gasteiger partial charge on any atom is -0.340 e. The molecule has 4 nitrogen and oxygen atoms in total. The minimum atomic E-state index is 0.338. The third-order valence-corrected chi connectivity index (χ3v) is 5.36. The molecule has 0 bridgehead atoms. The maximum Gasteiger partial charge on any atom is 0.222 e. The van der Waals surface area contributed by atoms with Gasteiger partial charge in [-0.1, -0.05) is 30.3 Å². The average molecular weight is 329 g/mol. The van der Waals surface area contributed by atoms with Crippen LogP contribution in [-0.2, 0) is 11.2 Å². The van der Waals surface area contributed by atoms with Crippen molar-refractivity contribution in [1.29, 1.82) is 0 Å². The molecule has 0 aliphatic carbocycles. The zero-order chi connectivity index (χ0) is 16.6. The first-order valence-corrected chi connectivity index (χ1v) is 9.58. The van der Waals surface area contributed by atoms with Gasteiger partial charge in [0.1, 0.15) is 0 Å². The Morgan fingerprint density at radius 1 is 0.833 bits per heavy atom. The van der Waals surface area contributed by atoms with Gasteiger partial charge < -0.3 is 9.80 Å². The Labute approximate surface area is 146 Å². The number of aryl methyl sites for hydroxylation is 1. The first kappa shape index (κ1) is 17.4. The molecule has 2 fully saturated rings. The smallest absolute Gasteiger partial charge is 0.222 e. The zero-order valence-electron chi connectivity index (χ0n) is 14.8. The van der Waals surface area contributed by atoms with Gasteiger partial charge >= 0.3 is 0 Å². The van der Waals surface area contributed by atoms with E-state index in [4.69, 9.17) is 0 Å². The van der Waals surface area contributed by atoms with E-state index in [0.29, 0.717) is 12.3 Å². The Hall–Kier alpha value is -1.39. The van der Waals surface area contributed by atoms with Crippen molar-refractivity contribution in [2.24, 2.45) is 0 Å². The van der Waals surface area contributed by atoms with Gasteiger partial charge in [-0.25, -0.2) is 0 Å². The molecule has 3 rings (SSSR count). The van der Waals surface area contributed by atoms with Crippen molar-refractivity contribution in [2.75, 3.05) is 52.4 Å². The van der Waals surface area contributed by atoms with Gasteiger partial charge in [-0.2, -0.15) is 0 Å². The number of benzene rings is 1. The normalized spacial score (nSPS) is 19.8. The molecule has 132 valence electrons. The molecule has 0 atom stereocenters. The summed E-state index contributed by atoms with van der Waals surface area (Å²) in [5, 5.41) is 0. The van der Waals surface area contributed by atoms with Crippen LogP contribution in [0.25, 0.3) is 0 Å². The van der Waals surface area contributed by atoms with E-state index in [-0.39, 0.29) is 0 Å². The number of carbonyl (C=O) groups is 1. The van der Waals surface area contributed by atoms with Crippen LogP contribution in [0.4, 0.5) is 0 Å². The van der Waals surface area contributed by atoms with Crippen molar-refractivity contribution in [2.45, 2.75) is 32.1 Å². The van der Waals surface area contributed by atoms with Gasteiger partial charge in [-0.05, 0) is 44.3 Å². The third kappa shape index (κ3) is 5.32. The lowest BCUT2D eigenvalue weighted by Crippen LogP contribution is -2.50. The van der Waals surface area contributed by atoms with Crippen LogP contribution in [0.3, 0.4) is 0 Å². The summed E-state index contributed by atoms with van der Waals surface area (Å²) in [6, 6.07) is 10.5. The molecule has 1 aromatic carbocycles.